The van der Waals surface area contributed by atoms with Gasteiger partial charge in [-0.05, 0) is 36.8 Å². The molecule has 1 aromatic rings. The molecular formula is C10H17NS. The predicted molar refractivity (Wildman–Crippen MR) is 55.4 cm³/mol. The lowest BCUT2D eigenvalue weighted by Crippen LogP contribution is -2.38. The molecule has 1 unspecified atom stereocenters. The monoisotopic (exact) mass is 183 g/mol. The van der Waals surface area contributed by atoms with E-state index in [4.69, 9.17) is 5.73 Å². The maximum atomic E-state index is 6.23. The minimum atomic E-state index is -0.177. The van der Waals surface area contributed by atoms with Crippen LogP contribution in [0.3, 0.4) is 0 Å². The minimum absolute atomic E-state index is 0.177. The van der Waals surface area contributed by atoms with Gasteiger partial charge < -0.3 is 5.73 Å². The second-order valence-corrected chi connectivity index (χ2v) is 4.95. The summed E-state index contributed by atoms with van der Waals surface area (Å²) in [6.07, 6.45) is 0. The van der Waals surface area contributed by atoms with Crippen molar-refractivity contribution in [3.63, 3.8) is 0 Å². The van der Waals surface area contributed by atoms with Gasteiger partial charge in [0.05, 0.1) is 0 Å². The fourth-order valence-corrected chi connectivity index (χ4v) is 2.08. The summed E-state index contributed by atoms with van der Waals surface area (Å²) in [6, 6.07) is 2.14. The Morgan fingerprint density at radius 3 is 2.42 bits per heavy atom. The van der Waals surface area contributed by atoms with E-state index in [1.165, 1.54) is 10.4 Å². The van der Waals surface area contributed by atoms with Gasteiger partial charge >= 0.3 is 0 Å². The molecule has 0 spiro atoms. The molecule has 1 heterocycles. The summed E-state index contributed by atoms with van der Waals surface area (Å²) in [6.45, 7) is 8.56. The van der Waals surface area contributed by atoms with Crippen molar-refractivity contribution in [1.82, 2.24) is 0 Å². The summed E-state index contributed by atoms with van der Waals surface area (Å²) >= 11 is 1.77. The first kappa shape index (κ1) is 9.75. The molecule has 0 radical (unpaired) electrons. The van der Waals surface area contributed by atoms with Gasteiger partial charge in [0.15, 0.2) is 0 Å². The third kappa shape index (κ3) is 1.54. The molecule has 0 fully saturated rings. The maximum absolute atomic E-state index is 6.23. The lowest BCUT2D eigenvalue weighted by molar-refractivity contribution is 0.350. The Morgan fingerprint density at radius 1 is 1.50 bits per heavy atom. The standard InChI is InChI=1S/C10H17NS/c1-7(2)10(4,11)9-5-6-12-8(9)3/h5-7H,11H2,1-4H3. The summed E-state index contributed by atoms with van der Waals surface area (Å²) in [5.41, 5.74) is 7.35. The Labute approximate surface area is 78.6 Å². The van der Waals surface area contributed by atoms with Crippen molar-refractivity contribution in [1.29, 1.82) is 0 Å². The lowest BCUT2D eigenvalue weighted by Gasteiger charge is -2.29. The average molecular weight is 183 g/mol. The lowest BCUT2D eigenvalue weighted by atomic mass is 9.83. The molecule has 12 heavy (non-hydrogen) atoms. The van der Waals surface area contributed by atoms with Gasteiger partial charge in [-0.25, -0.2) is 0 Å². The van der Waals surface area contributed by atoms with Gasteiger partial charge in [0.2, 0.25) is 0 Å². The molecule has 0 saturated heterocycles. The van der Waals surface area contributed by atoms with Crippen LogP contribution in [0.4, 0.5) is 0 Å². The SMILES string of the molecule is Cc1sccc1C(C)(N)C(C)C. The molecule has 2 N–H and O–H groups in total. The van der Waals surface area contributed by atoms with Gasteiger partial charge in [-0.3, -0.25) is 0 Å². The minimum Gasteiger partial charge on any atom is -0.321 e. The Bertz CT molecular complexity index is 261. The molecule has 0 aromatic carbocycles. The largest absolute Gasteiger partial charge is 0.321 e. The molecule has 0 aliphatic carbocycles. The van der Waals surface area contributed by atoms with Crippen molar-refractivity contribution < 1.29 is 0 Å². The highest BCUT2D eigenvalue weighted by molar-refractivity contribution is 7.10. The highest BCUT2D eigenvalue weighted by Crippen LogP contribution is 2.31. The zero-order chi connectivity index (χ0) is 9.35. The van der Waals surface area contributed by atoms with E-state index in [0.29, 0.717) is 5.92 Å². The molecule has 1 atom stereocenters. The molecular weight excluding hydrogens is 166 g/mol. The van der Waals surface area contributed by atoms with Crippen LogP contribution in [0.1, 0.15) is 31.2 Å². The molecule has 1 rings (SSSR count). The number of hydrogen-bond donors (Lipinski definition) is 1. The fraction of sp³-hybridized carbons (Fsp3) is 0.600. The Balaban J connectivity index is 3.05. The van der Waals surface area contributed by atoms with Crippen molar-refractivity contribution in [3.05, 3.63) is 21.9 Å². The molecule has 0 saturated carbocycles. The summed E-state index contributed by atoms with van der Waals surface area (Å²) in [7, 11) is 0. The maximum Gasteiger partial charge on any atom is 0.0415 e. The first-order valence-electron chi connectivity index (χ1n) is 4.29. The molecule has 0 amide bonds. The molecule has 0 aliphatic heterocycles. The topological polar surface area (TPSA) is 26.0 Å². The summed E-state index contributed by atoms with van der Waals surface area (Å²) in [5.74, 6) is 0.478. The van der Waals surface area contributed by atoms with Crippen LogP contribution in [0.25, 0.3) is 0 Å². The summed E-state index contributed by atoms with van der Waals surface area (Å²) in [4.78, 5) is 1.34. The van der Waals surface area contributed by atoms with E-state index in [9.17, 15) is 0 Å². The predicted octanol–water partition coefficient (Wildman–Crippen LogP) is 2.89. The van der Waals surface area contributed by atoms with Crippen molar-refractivity contribution in [2.24, 2.45) is 11.7 Å². The smallest absolute Gasteiger partial charge is 0.0415 e. The first-order chi connectivity index (χ1) is 5.46. The van der Waals surface area contributed by atoms with Crippen LogP contribution in [0.15, 0.2) is 11.4 Å². The average Bonchev–Trinajstić information content (AvgIpc) is 2.35. The van der Waals surface area contributed by atoms with E-state index in [1.54, 1.807) is 11.3 Å². The van der Waals surface area contributed by atoms with Crippen LogP contribution < -0.4 is 5.73 Å². The van der Waals surface area contributed by atoms with E-state index in [2.05, 4.69) is 39.1 Å². The molecule has 2 heteroatoms. The van der Waals surface area contributed by atoms with Crippen LogP contribution in [0, 0.1) is 12.8 Å². The molecule has 1 aromatic heterocycles. The van der Waals surface area contributed by atoms with Gasteiger partial charge in [-0.2, -0.15) is 0 Å². The molecule has 68 valence electrons. The van der Waals surface area contributed by atoms with Gasteiger partial charge in [-0.1, -0.05) is 13.8 Å². The Hall–Kier alpha value is -0.340. The number of aryl methyl sites for hydroxylation is 1. The van der Waals surface area contributed by atoms with Crippen LogP contribution in [-0.4, -0.2) is 0 Å². The quantitative estimate of drug-likeness (QED) is 0.749. The van der Waals surface area contributed by atoms with Gasteiger partial charge in [0.25, 0.3) is 0 Å². The molecule has 0 aliphatic rings. The zero-order valence-electron chi connectivity index (χ0n) is 8.22. The Kier molecular flexibility index (Phi) is 2.59. The molecule has 0 bridgehead atoms. The number of thiophene rings is 1. The molecule has 1 nitrogen and oxygen atoms in total. The third-order valence-corrected chi connectivity index (χ3v) is 3.48. The van der Waals surface area contributed by atoms with E-state index < -0.39 is 0 Å². The second kappa shape index (κ2) is 3.19. The number of hydrogen-bond acceptors (Lipinski definition) is 2. The van der Waals surface area contributed by atoms with E-state index >= 15 is 0 Å². The second-order valence-electron chi connectivity index (χ2n) is 3.83. The van der Waals surface area contributed by atoms with Gasteiger partial charge in [-0.15, -0.1) is 11.3 Å². The van der Waals surface area contributed by atoms with Crippen molar-refractivity contribution in [3.8, 4) is 0 Å². The van der Waals surface area contributed by atoms with Crippen molar-refractivity contribution in [2.45, 2.75) is 33.2 Å². The van der Waals surface area contributed by atoms with E-state index in [1.807, 2.05) is 0 Å². The van der Waals surface area contributed by atoms with Crippen molar-refractivity contribution >= 4 is 11.3 Å². The fourth-order valence-electron chi connectivity index (χ4n) is 1.25. The zero-order valence-corrected chi connectivity index (χ0v) is 9.03. The highest BCUT2D eigenvalue weighted by atomic mass is 32.1. The normalized spacial score (nSPS) is 16.5. The summed E-state index contributed by atoms with van der Waals surface area (Å²) < 4.78 is 0. The number of nitrogens with two attached hydrogens (primary N) is 1. The van der Waals surface area contributed by atoms with Gasteiger partial charge in [0.1, 0.15) is 0 Å². The van der Waals surface area contributed by atoms with Crippen LogP contribution >= 0.6 is 11.3 Å². The van der Waals surface area contributed by atoms with E-state index in [-0.39, 0.29) is 5.54 Å². The Morgan fingerprint density at radius 2 is 2.08 bits per heavy atom. The van der Waals surface area contributed by atoms with Crippen LogP contribution in [0.2, 0.25) is 0 Å². The first-order valence-corrected chi connectivity index (χ1v) is 5.17. The highest BCUT2D eigenvalue weighted by Gasteiger charge is 2.27. The summed E-state index contributed by atoms with van der Waals surface area (Å²) in [5, 5.41) is 2.11. The van der Waals surface area contributed by atoms with Crippen LogP contribution in [-0.2, 0) is 5.54 Å². The number of rotatable bonds is 2. The van der Waals surface area contributed by atoms with Crippen LogP contribution in [0.5, 0.6) is 0 Å². The van der Waals surface area contributed by atoms with E-state index in [0.717, 1.165) is 0 Å². The third-order valence-electron chi connectivity index (χ3n) is 2.64. The van der Waals surface area contributed by atoms with Gasteiger partial charge in [0, 0.05) is 10.4 Å². The van der Waals surface area contributed by atoms with Crippen molar-refractivity contribution in [2.75, 3.05) is 0 Å².